The minimum atomic E-state index is -0.683. The molecule has 0 atom stereocenters. The van der Waals surface area contributed by atoms with Crippen LogP contribution in [0, 0.1) is 0 Å². The molecule has 9 nitrogen and oxygen atoms in total. The van der Waals surface area contributed by atoms with Gasteiger partial charge in [0.05, 0.1) is 23.2 Å². The number of benzene rings is 2. The third-order valence-corrected chi connectivity index (χ3v) is 7.91. The molecule has 1 amide bonds. The van der Waals surface area contributed by atoms with Gasteiger partial charge in [0.2, 0.25) is 0 Å². The molecule has 2 aromatic carbocycles. The summed E-state index contributed by atoms with van der Waals surface area (Å²) in [6.07, 6.45) is 4.35. The summed E-state index contributed by atoms with van der Waals surface area (Å²) >= 11 is 0. The van der Waals surface area contributed by atoms with Crippen molar-refractivity contribution in [3.8, 4) is 11.1 Å². The highest BCUT2D eigenvalue weighted by atomic mass is 16.7. The fraction of sp³-hybridized carbons (Fsp3) is 0.310. The predicted molar refractivity (Wildman–Crippen MR) is 149 cm³/mol. The van der Waals surface area contributed by atoms with Crippen LogP contribution in [-0.2, 0) is 14.0 Å². The standard InChI is InChI=1S/C29H30BN5O4/c1-28(2)29(3,4)39-30(38-28)18(13-24-25-26(34-16-32-24)35-17-33-25)14-31-27(36)37-15-23-21-11-7-5-9-19(21)20-10-6-8-12-22(20)23/h5-13,16-17,23H,14-15H2,1-4H3,(H,31,36)(H,32,33,34,35). The smallest absolute Gasteiger partial charge is 0.449 e. The summed E-state index contributed by atoms with van der Waals surface area (Å²) in [7, 11) is -0.683. The molecule has 0 spiro atoms. The molecule has 39 heavy (non-hydrogen) atoms. The van der Waals surface area contributed by atoms with Crippen LogP contribution in [0.3, 0.4) is 0 Å². The van der Waals surface area contributed by atoms with E-state index in [1.54, 1.807) is 6.33 Å². The van der Waals surface area contributed by atoms with E-state index in [0.29, 0.717) is 22.3 Å². The molecule has 1 saturated heterocycles. The molecule has 0 radical (unpaired) electrons. The summed E-state index contributed by atoms with van der Waals surface area (Å²) in [4.78, 5) is 28.8. The molecule has 2 aromatic heterocycles. The number of rotatable bonds is 6. The molecule has 10 heteroatoms. The van der Waals surface area contributed by atoms with Gasteiger partial charge in [-0.05, 0) is 61.5 Å². The van der Waals surface area contributed by atoms with E-state index < -0.39 is 24.4 Å². The molecule has 1 aliphatic heterocycles. The first-order valence-corrected chi connectivity index (χ1v) is 13.0. The zero-order valence-corrected chi connectivity index (χ0v) is 22.4. The van der Waals surface area contributed by atoms with Gasteiger partial charge in [-0.3, -0.25) is 0 Å². The third-order valence-electron chi connectivity index (χ3n) is 7.91. The van der Waals surface area contributed by atoms with E-state index in [0.717, 1.165) is 11.1 Å². The fourth-order valence-electron chi connectivity index (χ4n) is 5.09. The number of alkyl carbamates (subject to hydrolysis) is 1. The van der Waals surface area contributed by atoms with Gasteiger partial charge in [-0.25, -0.2) is 19.7 Å². The number of aromatic amines is 1. The van der Waals surface area contributed by atoms with Crippen LogP contribution >= 0.6 is 0 Å². The Morgan fingerprint density at radius 3 is 2.31 bits per heavy atom. The molecular weight excluding hydrogens is 493 g/mol. The number of carbonyl (C=O) groups is 1. The van der Waals surface area contributed by atoms with Crippen LogP contribution in [0.2, 0.25) is 0 Å². The second-order valence-electron chi connectivity index (χ2n) is 10.8. The average Bonchev–Trinajstić information content (AvgIpc) is 3.58. The Balaban J connectivity index is 1.20. The van der Waals surface area contributed by atoms with Gasteiger partial charge >= 0.3 is 13.2 Å². The summed E-state index contributed by atoms with van der Waals surface area (Å²) in [5, 5.41) is 2.89. The predicted octanol–water partition coefficient (Wildman–Crippen LogP) is 4.91. The van der Waals surface area contributed by atoms with E-state index in [-0.39, 0.29) is 19.1 Å². The van der Waals surface area contributed by atoms with Crippen LogP contribution < -0.4 is 5.32 Å². The Morgan fingerprint density at radius 2 is 1.64 bits per heavy atom. The number of amides is 1. The van der Waals surface area contributed by atoms with Gasteiger partial charge in [0, 0.05) is 12.5 Å². The van der Waals surface area contributed by atoms with Crippen LogP contribution in [0.4, 0.5) is 4.79 Å². The number of nitrogens with one attached hydrogen (secondary N) is 2. The lowest BCUT2D eigenvalue weighted by atomic mass is 9.77. The van der Waals surface area contributed by atoms with E-state index in [4.69, 9.17) is 14.0 Å². The molecule has 4 aromatic rings. The van der Waals surface area contributed by atoms with Gasteiger partial charge in [-0.15, -0.1) is 0 Å². The Bertz CT molecular complexity index is 1520. The number of ether oxygens (including phenoxy) is 1. The zero-order valence-electron chi connectivity index (χ0n) is 22.4. The first-order valence-electron chi connectivity index (χ1n) is 13.0. The van der Waals surface area contributed by atoms with Gasteiger partial charge in [0.15, 0.2) is 5.65 Å². The highest BCUT2D eigenvalue weighted by Crippen LogP contribution is 2.44. The van der Waals surface area contributed by atoms with Crippen molar-refractivity contribution in [1.29, 1.82) is 0 Å². The minimum Gasteiger partial charge on any atom is -0.449 e. The number of imidazole rings is 1. The van der Waals surface area contributed by atoms with Crippen LogP contribution in [0.5, 0.6) is 0 Å². The zero-order chi connectivity index (χ0) is 27.2. The van der Waals surface area contributed by atoms with Crippen molar-refractivity contribution in [2.45, 2.75) is 44.8 Å². The molecule has 0 unspecified atom stereocenters. The van der Waals surface area contributed by atoms with Crippen LogP contribution in [-0.4, -0.2) is 57.5 Å². The fourth-order valence-corrected chi connectivity index (χ4v) is 5.09. The highest BCUT2D eigenvalue weighted by molar-refractivity contribution is 6.56. The van der Waals surface area contributed by atoms with Crippen molar-refractivity contribution >= 4 is 30.5 Å². The first-order chi connectivity index (χ1) is 18.7. The highest BCUT2D eigenvalue weighted by Gasteiger charge is 2.52. The van der Waals surface area contributed by atoms with E-state index in [1.165, 1.54) is 17.5 Å². The summed E-state index contributed by atoms with van der Waals surface area (Å²) < 4.78 is 18.3. The maximum atomic E-state index is 12.9. The van der Waals surface area contributed by atoms with E-state index in [1.807, 2.05) is 58.0 Å². The Kier molecular flexibility index (Phi) is 6.24. The van der Waals surface area contributed by atoms with E-state index in [2.05, 4.69) is 49.5 Å². The van der Waals surface area contributed by atoms with Crippen molar-refractivity contribution in [2.24, 2.45) is 0 Å². The van der Waals surface area contributed by atoms with Crippen molar-refractivity contribution in [1.82, 2.24) is 25.3 Å². The largest absolute Gasteiger partial charge is 0.492 e. The molecular formula is C29H30BN5O4. The maximum absolute atomic E-state index is 12.9. The van der Waals surface area contributed by atoms with Crippen molar-refractivity contribution in [3.05, 3.63) is 83.5 Å². The summed E-state index contributed by atoms with van der Waals surface area (Å²) in [6, 6.07) is 16.5. The number of hydrogen-bond acceptors (Lipinski definition) is 7. The lowest BCUT2D eigenvalue weighted by Gasteiger charge is -2.32. The molecule has 2 aliphatic rings. The molecule has 1 fully saturated rings. The number of carbonyl (C=O) groups excluding carboxylic acids is 1. The number of aromatic nitrogens is 4. The van der Waals surface area contributed by atoms with Crippen molar-refractivity contribution in [2.75, 3.05) is 13.2 Å². The molecule has 3 heterocycles. The summed E-state index contributed by atoms with van der Waals surface area (Å²) in [6.45, 7) is 8.33. The Labute approximate surface area is 227 Å². The second-order valence-corrected chi connectivity index (χ2v) is 10.8. The molecule has 198 valence electrons. The van der Waals surface area contributed by atoms with Crippen LogP contribution in [0.1, 0.15) is 50.4 Å². The third kappa shape index (κ3) is 4.60. The molecule has 2 N–H and O–H groups in total. The van der Waals surface area contributed by atoms with Crippen molar-refractivity contribution < 1.29 is 18.8 Å². The molecule has 6 rings (SSSR count). The number of fused-ring (bicyclic) bond motifs is 4. The molecule has 0 bridgehead atoms. The Hall–Kier alpha value is -4.02. The lowest BCUT2D eigenvalue weighted by molar-refractivity contribution is 0.00578. The van der Waals surface area contributed by atoms with Gasteiger partial charge in [-0.1, -0.05) is 48.5 Å². The molecule has 1 aliphatic carbocycles. The monoisotopic (exact) mass is 523 g/mol. The van der Waals surface area contributed by atoms with Gasteiger partial charge in [-0.2, -0.15) is 0 Å². The Morgan fingerprint density at radius 1 is 1.00 bits per heavy atom. The van der Waals surface area contributed by atoms with Crippen LogP contribution in [0.15, 0.2) is 66.7 Å². The van der Waals surface area contributed by atoms with Crippen molar-refractivity contribution in [3.63, 3.8) is 0 Å². The number of H-pyrrole nitrogens is 1. The first kappa shape index (κ1) is 25.3. The van der Waals surface area contributed by atoms with E-state index in [9.17, 15) is 4.79 Å². The van der Waals surface area contributed by atoms with E-state index >= 15 is 0 Å². The number of nitrogens with zero attached hydrogens (tertiary/aromatic N) is 3. The normalized spacial score (nSPS) is 17.7. The molecule has 0 saturated carbocycles. The quantitative estimate of drug-likeness (QED) is 0.346. The van der Waals surface area contributed by atoms with Gasteiger partial charge < -0.3 is 24.3 Å². The van der Waals surface area contributed by atoms with Crippen LogP contribution in [0.25, 0.3) is 28.4 Å². The SMILES string of the molecule is CC1(C)OB(C(=Cc2ncnc3nc[nH]c23)CNC(=O)OCC2c3ccccc3-c3ccccc32)OC1(C)C. The lowest BCUT2D eigenvalue weighted by Crippen LogP contribution is -2.41. The number of hydrogen-bond donors (Lipinski definition) is 2. The maximum Gasteiger partial charge on any atom is 0.492 e. The van der Waals surface area contributed by atoms with Gasteiger partial charge in [0.25, 0.3) is 0 Å². The summed E-state index contributed by atoms with van der Waals surface area (Å²) in [5.41, 5.74) is 6.15. The van der Waals surface area contributed by atoms with Gasteiger partial charge in [0.1, 0.15) is 18.5 Å². The second kappa shape index (κ2) is 9.62. The average molecular weight is 523 g/mol. The summed E-state index contributed by atoms with van der Waals surface area (Å²) in [5.74, 6) is -0.0176. The minimum absolute atomic E-state index is 0.0176. The topological polar surface area (TPSA) is 111 Å².